The summed E-state index contributed by atoms with van der Waals surface area (Å²) in [6.45, 7) is 4.01. The van der Waals surface area contributed by atoms with Crippen LogP contribution in [0.4, 0.5) is 5.69 Å². The molecule has 0 saturated carbocycles. The quantitative estimate of drug-likeness (QED) is 0.306. The molecule has 29 heavy (non-hydrogen) atoms. The van der Waals surface area contributed by atoms with Gasteiger partial charge in [-0.2, -0.15) is 0 Å². The van der Waals surface area contributed by atoms with E-state index in [0.29, 0.717) is 16.3 Å². The van der Waals surface area contributed by atoms with Gasteiger partial charge < -0.3 is 16.0 Å². The van der Waals surface area contributed by atoms with Crippen LogP contribution >= 0.6 is 11.6 Å². The molecule has 1 aromatic carbocycles. The standard InChI is InChI=1S/C20H24ClN5O3/c1-3-14(4-2)19(25-20(27)15-7-9-16(21)10-8-15)24-18(13-26(28)29)23-17-6-5-11-22-12-17/h5-14,19,23-24H,3-4H2,1-2H3,(H,25,27)/b18-13+. The Kier molecular flexibility index (Phi) is 8.42. The molecule has 2 rings (SSSR count). The summed E-state index contributed by atoms with van der Waals surface area (Å²) in [6.07, 6.45) is 5.00. The molecule has 0 bridgehead atoms. The molecule has 0 fully saturated rings. The largest absolute Gasteiger partial charge is 0.346 e. The van der Waals surface area contributed by atoms with E-state index in [1.54, 1.807) is 48.8 Å². The lowest BCUT2D eigenvalue weighted by atomic mass is 9.99. The number of pyridine rings is 1. The third-order valence-electron chi connectivity index (χ3n) is 4.40. The Hall–Kier alpha value is -3.13. The number of hydrogen-bond acceptors (Lipinski definition) is 6. The number of carbonyl (C=O) groups excluding carboxylic acids is 1. The molecule has 3 N–H and O–H groups in total. The molecule has 8 nitrogen and oxygen atoms in total. The zero-order valence-corrected chi connectivity index (χ0v) is 17.0. The first kappa shape index (κ1) is 22.2. The summed E-state index contributed by atoms with van der Waals surface area (Å²) in [5.74, 6) is -0.0960. The van der Waals surface area contributed by atoms with Gasteiger partial charge in [-0.3, -0.25) is 19.9 Å². The van der Waals surface area contributed by atoms with Crippen LogP contribution in [0.1, 0.15) is 37.0 Å². The van der Waals surface area contributed by atoms with Crippen molar-refractivity contribution in [2.75, 3.05) is 5.32 Å². The number of nitro groups is 1. The SMILES string of the molecule is CCC(CC)C(NC(=O)c1ccc(Cl)cc1)N/C(=C/[N+](=O)[O-])Nc1cccnc1. The minimum Gasteiger partial charge on any atom is -0.346 e. The van der Waals surface area contributed by atoms with Crippen LogP contribution in [0.2, 0.25) is 5.02 Å². The smallest absolute Gasteiger partial charge is 0.274 e. The lowest BCUT2D eigenvalue weighted by Gasteiger charge is -2.29. The average molecular weight is 418 g/mol. The maximum atomic E-state index is 12.7. The minimum absolute atomic E-state index is 0.0529. The maximum absolute atomic E-state index is 12.7. The van der Waals surface area contributed by atoms with Crippen LogP contribution < -0.4 is 16.0 Å². The number of carbonyl (C=O) groups is 1. The molecule has 0 spiro atoms. The van der Waals surface area contributed by atoms with Crippen molar-refractivity contribution in [3.05, 3.63) is 81.5 Å². The van der Waals surface area contributed by atoms with Crippen molar-refractivity contribution >= 4 is 23.2 Å². The van der Waals surface area contributed by atoms with E-state index >= 15 is 0 Å². The second-order valence-corrected chi connectivity index (χ2v) is 6.81. The summed E-state index contributed by atoms with van der Waals surface area (Å²) in [4.78, 5) is 27.2. The third kappa shape index (κ3) is 7.08. The second-order valence-electron chi connectivity index (χ2n) is 6.37. The monoisotopic (exact) mass is 417 g/mol. The highest BCUT2D eigenvalue weighted by Crippen LogP contribution is 2.16. The molecule has 1 aromatic heterocycles. The first-order valence-corrected chi connectivity index (χ1v) is 9.66. The number of amides is 1. The Labute approximate surface area is 174 Å². The number of nitrogens with zero attached hydrogens (tertiary/aromatic N) is 2. The molecule has 0 aliphatic rings. The van der Waals surface area contributed by atoms with Gasteiger partial charge in [0.25, 0.3) is 12.1 Å². The number of nitrogens with one attached hydrogen (secondary N) is 3. The number of benzene rings is 1. The van der Waals surface area contributed by atoms with Gasteiger partial charge in [-0.05, 0) is 55.2 Å². The topological polar surface area (TPSA) is 109 Å². The van der Waals surface area contributed by atoms with Crippen molar-refractivity contribution in [1.82, 2.24) is 15.6 Å². The van der Waals surface area contributed by atoms with E-state index < -0.39 is 11.1 Å². The fourth-order valence-electron chi connectivity index (χ4n) is 2.83. The van der Waals surface area contributed by atoms with Gasteiger partial charge in [0.05, 0.1) is 16.8 Å². The fourth-order valence-corrected chi connectivity index (χ4v) is 2.95. The van der Waals surface area contributed by atoms with Crippen molar-refractivity contribution in [2.45, 2.75) is 32.9 Å². The summed E-state index contributed by atoms with van der Waals surface area (Å²) in [7, 11) is 0. The summed E-state index contributed by atoms with van der Waals surface area (Å²) < 4.78 is 0. The second kappa shape index (κ2) is 11.0. The molecule has 0 saturated heterocycles. The molecule has 0 aliphatic carbocycles. The molecular weight excluding hydrogens is 394 g/mol. The highest BCUT2D eigenvalue weighted by Gasteiger charge is 2.23. The molecule has 0 radical (unpaired) electrons. The van der Waals surface area contributed by atoms with E-state index in [0.717, 1.165) is 19.0 Å². The lowest BCUT2D eigenvalue weighted by molar-refractivity contribution is -0.403. The van der Waals surface area contributed by atoms with Crippen LogP contribution in [0.15, 0.2) is 60.8 Å². The van der Waals surface area contributed by atoms with Gasteiger partial charge in [0.15, 0.2) is 5.82 Å². The zero-order valence-electron chi connectivity index (χ0n) is 16.3. The molecule has 2 aromatic rings. The Bertz CT molecular complexity index is 839. The predicted octanol–water partition coefficient (Wildman–Crippen LogP) is 4.00. The number of hydrogen-bond donors (Lipinski definition) is 3. The highest BCUT2D eigenvalue weighted by atomic mass is 35.5. The van der Waals surface area contributed by atoms with Gasteiger partial charge in [-0.15, -0.1) is 0 Å². The van der Waals surface area contributed by atoms with E-state index in [1.807, 2.05) is 13.8 Å². The Morgan fingerprint density at radius 2 is 1.90 bits per heavy atom. The number of aromatic nitrogens is 1. The van der Waals surface area contributed by atoms with Crippen molar-refractivity contribution in [1.29, 1.82) is 0 Å². The molecule has 9 heteroatoms. The first-order chi connectivity index (χ1) is 13.9. The molecule has 1 atom stereocenters. The van der Waals surface area contributed by atoms with Gasteiger partial charge in [0.2, 0.25) is 0 Å². The van der Waals surface area contributed by atoms with Crippen LogP contribution in [0.5, 0.6) is 0 Å². The number of rotatable bonds is 10. The third-order valence-corrected chi connectivity index (χ3v) is 4.65. The van der Waals surface area contributed by atoms with Crippen LogP contribution in [-0.2, 0) is 0 Å². The van der Waals surface area contributed by atoms with E-state index in [9.17, 15) is 14.9 Å². The number of anilines is 1. The van der Waals surface area contributed by atoms with Gasteiger partial charge >= 0.3 is 0 Å². The molecule has 1 unspecified atom stereocenters. The molecule has 154 valence electrons. The van der Waals surface area contributed by atoms with Gasteiger partial charge in [-0.1, -0.05) is 25.4 Å². The predicted molar refractivity (Wildman–Crippen MR) is 113 cm³/mol. The van der Waals surface area contributed by atoms with Gasteiger partial charge in [0.1, 0.15) is 6.17 Å². The van der Waals surface area contributed by atoms with E-state index in [1.165, 1.54) is 0 Å². The first-order valence-electron chi connectivity index (χ1n) is 9.28. The Morgan fingerprint density at radius 3 is 2.45 bits per heavy atom. The van der Waals surface area contributed by atoms with Crippen molar-refractivity contribution in [3.63, 3.8) is 0 Å². The fraction of sp³-hybridized carbons (Fsp3) is 0.300. The van der Waals surface area contributed by atoms with Crippen molar-refractivity contribution in [3.8, 4) is 0 Å². The summed E-state index contributed by atoms with van der Waals surface area (Å²) in [5.41, 5.74) is 1.03. The van der Waals surface area contributed by atoms with Crippen LogP contribution in [0.25, 0.3) is 0 Å². The zero-order chi connectivity index (χ0) is 21.2. The van der Waals surface area contributed by atoms with Crippen LogP contribution in [0.3, 0.4) is 0 Å². The lowest BCUT2D eigenvalue weighted by Crippen LogP contribution is -2.50. The van der Waals surface area contributed by atoms with Crippen molar-refractivity contribution < 1.29 is 9.72 Å². The molecule has 1 amide bonds. The number of halogens is 1. The maximum Gasteiger partial charge on any atom is 0.274 e. The van der Waals surface area contributed by atoms with Crippen LogP contribution in [-0.4, -0.2) is 22.0 Å². The Balaban J connectivity index is 2.23. The van der Waals surface area contributed by atoms with Crippen molar-refractivity contribution in [2.24, 2.45) is 5.92 Å². The molecule has 0 aliphatic heterocycles. The minimum atomic E-state index is -0.559. The molecular formula is C20H24ClN5O3. The average Bonchev–Trinajstić information content (AvgIpc) is 2.69. The van der Waals surface area contributed by atoms with Gasteiger partial charge in [-0.25, -0.2) is 0 Å². The summed E-state index contributed by atoms with van der Waals surface area (Å²) in [6, 6.07) is 9.98. The summed E-state index contributed by atoms with van der Waals surface area (Å²) in [5, 5.41) is 20.6. The normalized spacial score (nSPS) is 12.3. The van der Waals surface area contributed by atoms with E-state index in [2.05, 4.69) is 20.9 Å². The summed E-state index contributed by atoms with van der Waals surface area (Å²) >= 11 is 5.88. The Morgan fingerprint density at radius 1 is 1.21 bits per heavy atom. The van der Waals surface area contributed by atoms with Gasteiger partial charge in [0, 0.05) is 16.8 Å². The molecule has 1 heterocycles. The highest BCUT2D eigenvalue weighted by molar-refractivity contribution is 6.30. The van der Waals surface area contributed by atoms with Crippen LogP contribution in [0, 0.1) is 16.0 Å². The van der Waals surface area contributed by atoms with E-state index in [-0.39, 0.29) is 17.6 Å². The van der Waals surface area contributed by atoms with E-state index in [4.69, 9.17) is 11.6 Å².